The van der Waals surface area contributed by atoms with Gasteiger partial charge in [0.05, 0.1) is 18.8 Å². The SMILES string of the molecule is COc1cccc2coc(C3=CCNCC3)c12. The summed E-state index contributed by atoms with van der Waals surface area (Å²) in [5.41, 5.74) is 1.27. The summed E-state index contributed by atoms with van der Waals surface area (Å²) in [5.74, 6) is 1.84. The van der Waals surface area contributed by atoms with Crippen LogP contribution in [0.1, 0.15) is 12.2 Å². The highest BCUT2D eigenvalue weighted by Gasteiger charge is 2.16. The summed E-state index contributed by atoms with van der Waals surface area (Å²) < 4.78 is 11.1. The second-order valence-electron chi connectivity index (χ2n) is 4.17. The topological polar surface area (TPSA) is 34.4 Å². The van der Waals surface area contributed by atoms with Crippen molar-refractivity contribution in [3.8, 4) is 5.75 Å². The average molecular weight is 229 g/mol. The number of benzene rings is 1. The van der Waals surface area contributed by atoms with E-state index in [1.165, 1.54) is 5.57 Å². The molecular formula is C14H15NO2. The van der Waals surface area contributed by atoms with Crippen LogP contribution < -0.4 is 10.1 Å². The lowest BCUT2D eigenvalue weighted by molar-refractivity contribution is 0.419. The number of hydrogen-bond acceptors (Lipinski definition) is 3. The Morgan fingerprint density at radius 3 is 3.06 bits per heavy atom. The fourth-order valence-corrected chi connectivity index (χ4v) is 2.31. The van der Waals surface area contributed by atoms with Gasteiger partial charge in [0.1, 0.15) is 11.5 Å². The fraction of sp³-hybridized carbons (Fsp3) is 0.286. The van der Waals surface area contributed by atoms with Gasteiger partial charge >= 0.3 is 0 Å². The van der Waals surface area contributed by atoms with Crippen LogP contribution in [0.4, 0.5) is 0 Å². The molecule has 17 heavy (non-hydrogen) atoms. The number of nitrogens with one attached hydrogen (secondary N) is 1. The molecule has 0 saturated carbocycles. The van der Waals surface area contributed by atoms with Crippen LogP contribution in [0, 0.1) is 0 Å². The van der Waals surface area contributed by atoms with Crippen LogP contribution in [0.25, 0.3) is 16.3 Å². The number of hydrogen-bond donors (Lipinski definition) is 1. The fourth-order valence-electron chi connectivity index (χ4n) is 2.31. The molecule has 0 bridgehead atoms. The van der Waals surface area contributed by atoms with Crippen LogP contribution in [0.15, 0.2) is 35.0 Å². The van der Waals surface area contributed by atoms with E-state index in [4.69, 9.17) is 9.15 Å². The minimum Gasteiger partial charge on any atom is -0.496 e. The minimum absolute atomic E-state index is 0.880. The van der Waals surface area contributed by atoms with Crippen molar-refractivity contribution < 1.29 is 9.15 Å². The number of ether oxygens (including phenoxy) is 1. The van der Waals surface area contributed by atoms with Gasteiger partial charge in [-0.1, -0.05) is 18.2 Å². The van der Waals surface area contributed by atoms with Gasteiger partial charge in [0, 0.05) is 11.9 Å². The zero-order valence-corrected chi connectivity index (χ0v) is 9.82. The molecule has 2 heterocycles. The predicted octanol–water partition coefficient (Wildman–Crippen LogP) is 2.82. The summed E-state index contributed by atoms with van der Waals surface area (Å²) in [6, 6.07) is 6.01. The lowest BCUT2D eigenvalue weighted by atomic mass is 10.0. The van der Waals surface area contributed by atoms with Crippen molar-refractivity contribution in [3.63, 3.8) is 0 Å². The second-order valence-corrected chi connectivity index (χ2v) is 4.17. The third kappa shape index (κ3) is 1.72. The zero-order chi connectivity index (χ0) is 11.7. The molecule has 1 N–H and O–H groups in total. The van der Waals surface area contributed by atoms with Crippen molar-refractivity contribution >= 4 is 16.3 Å². The maximum absolute atomic E-state index is 5.72. The van der Waals surface area contributed by atoms with Crippen LogP contribution in [-0.4, -0.2) is 20.2 Å². The van der Waals surface area contributed by atoms with E-state index in [0.717, 1.165) is 41.8 Å². The average Bonchev–Trinajstić information content (AvgIpc) is 2.83. The van der Waals surface area contributed by atoms with E-state index in [-0.39, 0.29) is 0 Å². The van der Waals surface area contributed by atoms with Gasteiger partial charge in [-0.15, -0.1) is 0 Å². The van der Waals surface area contributed by atoms with Crippen molar-refractivity contribution in [1.29, 1.82) is 0 Å². The van der Waals surface area contributed by atoms with E-state index < -0.39 is 0 Å². The Balaban J connectivity index is 2.19. The van der Waals surface area contributed by atoms with Crippen LogP contribution in [0.3, 0.4) is 0 Å². The molecule has 0 fully saturated rings. The van der Waals surface area contributed by atoms with Gasteiger partial charge in [-0.3, -0.25) is 0 Å². The molecule has 0 unspecified atom stereocenters. The van der Waals surface area contributed by atoms with Crippen molar-refractivity contribution in [2.45, 2.75) is 6.42 Å². The Hall–Kier alpha value is -1.74. The minimum atomic E-state index is 0.880. The molecule has 1 aliphatic rings. The van der Waals surface area contributed by atoms with Gasteiger partial charge in [0.15, 0.2) is 0 Å². The van der Waals surface area contributed by atoms with E-state index in [2.05, 4.69) is 11.4 Å². The number of methoxy groups -OCH3 is 1. The first-order chi connectivity index (χ1) is 8.40. The summed E-state index contributed by atoms with van der Waals surface area (Å²) in [5, 5.41) is 5.49. The van der Waals surface area contributed by atoms with E-state index >= 15 is 0 Å². The summed E-state index contributed by atoms with van der Waals surface area (Å²) >= 11 is 0. The Bertz CT molecular complexity index is 569. The highest BCUT2D eigenvalue weighted by molar-refractivity contribution is 5.96. The molecule has 3 nitrogen and oxygen atoms in total. The second kappa shape index (κ2) is 4.26. The zero-order valence-electron chi connectivity index (χ0n) is 9.82. The van der Waals surface area contributed by atoms with Crippen molar-refractivity contribution in [2.24, 2.45) is 0 Å². The quantitative estimate of drug-likeness (QED) is 0.859. The van der Waals surface area contributed by atoms with E-state index in [1.54, 1.807) is 13.4 Å². The van der Waals surface area contributed by atoms with Gasteiger partial charge in [-0.05, 0) is 24.6 Å². The first-order valence-electron chi connectivity index (χ1n) is 5.84. The van der Waals surface area contributed by atoms with Gasteiger partial charge in [-0.25, -0.2) is 0 Å². The molecule has 3 heteroatoms. The van der Waals surface area contributed by atoms with Gasteiger partial charge in [0.25, 0.3) is 0 Å². The molecule has 0 atom stereocenters. The highest BCUT2D eigenvalue weighted by atomic mass is 16.5. The van der Waals surface area contributed by atoms with E-state index in [0.29, 0.717) is 0 Å². The van der Waals surface area contributed by atoms with Crippen molar-refractivity contribution in [1.82, 2.24) is 5.32 Å². The smallest absolute Gasteiger partial charge is 0.141 e. The Morgan fingerprint density at radius 2 is 2.29 bits per heavy atom. The first-order valence-corrected chi connectivity index (χ1v) is 5.84. The standard InChI is InChI=1S/C14H15NO2/c1-16-12-4-2-3-11-9-17-14(13(11)12)10-5-7-15-8-6-10/h2-5,9,15H,6-8H2,1H3. The molecule has 3 rings (SSSR count). The Morgan fingerprint density at radius 1 is 1.35 bits per heavy atom. The molecule has 1 aromatic carbocycles. The summed E-state index contributed by atoms with van der Waals surface area (Å²) in [7, 11) is 1.70. The molecule has 1 aliphatic heterocycles. The van der Waals surface area contributed by atoms with Gasteiger partial charge in [-0.2, -0.15) is 0 Å². The molecule has 0 saturated heterocycles. The maximum Gasteiger partial charge on any atom is 0.141 e. The predicted molar refractivity (Wildman–Crippen MR) is 68.2 cm³/mol. The molecule has 0 spiro atoms. The monoisotopic (exact) mass is 229 g/mol. The van der Waals surface area contributed by atoms with Crippen molar-refractivity contribution in [2.75, 3.05) is 20.2 Å². The highest BCUT2D eigenvalue weighted by Crippen LogP contribution is 2.35. The van der Waals surface area contributed by atoms with Crippen LogP contribution >= 0.6 is 0 Å². The number of rotatable bonds is 2. The maximum atomic E-state index is 5.72. The number of fused-ring (bicyclic) bond motifs is 1. The van der Waals surface area contributed by atoms with Crippen molar-refractivity contribution in [3.05, 3.63) is 36.3 Å². The Labute approximate surface area is 100 Å². The molecule has 2 aromatic rings. The van der Waals surface area contributed by atoms with Gasteiger partial charge < -0.3 is 14.5 Å². The Kier molecular flexibility index (Phi) is 2.61. The van der Waals surface area contributed by atoms with Gasteiger partial charge in [0.2, 0.25) is 0 Å². The lowest BCUT2D eigenvalue weighted by Crippen LogP contribution is -2.19. The molecule has 0 aliphatic carbocycles. The van der Waals surface area contributed by atoms with Crippen LogP contribution in [0.2, 0.25) is 0 Å². The summed E-state index contributed by atoms with van der Waals surface area (Å²) in [6.07, 6.45) is 4.99. The van der Waals surface area contributed by atoms with E-state index in [1.807, 2.05) is 18.2 Å². The molecule has 0 radical (unpaired) electrons. The van der Waals surface area contributed by atoms with Crippen LogP contribution in [-0.2, 0) is 0 Å². The lowest BCUT2D eigenvalue weighted by Gasteiger charge is -2.13. The third-order valence-electron chi connectivity index (χ3n) is 3.16. The molecular weight excluding hydrogens is 214 g/mol. The van der Waals surface area contributed by atoms with Crippen LogP contribution in [0.5, 0.6) is 5.75 Å². The molecule has 88 valence electrons. The molecule has 0 amide bonds. The van der Waals surface area contributed by atoms with E-state index in [9.17, 15) is 0 Å². The number of furan rings is 1. The molecule has 1 aromatic heterocycles. The normalized spacial score (nSPS) is 15.9. The largest absolute Gasteiger partial charge is 0.496 e. The first kappa shape index (κ1) is 10.4. The third-order valence-corrected chi connectivity index (χ3v) is 3.16. The summed E-state index contributed by atoms with van der Waals surface area (Å²) in [6.45, 7) is 1.91. The summed E-state index contributed by atoms with van der Waals surface area (Å²) in [4.78, 5) is 0.